The maximum absolute atomic E-state index is 11.5. The largest absolute Gasteiger partial charge is 0.381 e. The normalized spacial score (nSPS) is 19.9. The Morgan fingerprint density at radius 1 is 1.47 bits per heavy atom. The summed E-state index contributed by atoms with van der Waals surface area (Å²) in [5, 5.41) is 6.02. The van der Waals surface area contributed by atoms with E-state index in [0.29, 0.717) is 12.3 Å². The van der Waals surface area contributed by atoms with E-state index in [1.807, 2.05) is 7.05 Å². The molecule has 0 saturated carbocycles. The molecule has 0 aromatic heterocycles. The smallest absolute Gasteiger partial charge is 0.221 e. The van der Waals surface area contributed by atoms with Crippen LogP contribution in [0.1, 0.15) is 26.2 Å². The van der Waals surface area contributed by atoms with Gasteiger partial charge in [0.1, 0.15) is 0 Å². The van der Waals surface area contributed by atoms with Gasteiger partial charge in [0.15, 0.2) is 0 Å². The summed E-state index contributed by atoms with van der Waals surface area (Å²) in [5.74, 6) is 0.723. The number of ether oxygens (including phenoxy) is 1. The summed E-state index contributed by atoms with van der Waals surface area (Å²) in [6, 6.07) is 0.276. The van der Waals surface area contributed by atoms with Crippen LogP contribution in [0.5, 0.6) is 0 Å². The van der Waals surface area contributed by atoms with Crippen molar-refractivity contribution in [1.29, 1.82) is 0 Å². The van der Waals surface area contributed by atoms with Crippen molar-refractivity contribution in [3.63, 3.8) is 0 Å². The van der Waals surface area contributed by atoms with Crippen LogP contribution in [0.15, 0.2) is 0 Å². The molecule has 1 atom stereocenters. The van der Waals surface area contributed by atoms with Gasteiger partial charge in [0.2, 0.25) is 5.91 Å². The standard InChI is InChI=1S/C11H22N2O2/c1-9(10-4-7-15-8-5-10)13-11(14)3-6-12-2/h9-10,12H,3-8H2,1-2H3,(H,13,14). The van der Waals surface area contributed by atoms with E-state index < -0.39 is 0 Å². The highest BCUT2D eigenvalue weighted by atomic mass is 16.5. The fourth-order valence-corrected chi connectivity index (χ4v) is 1.90. The van der Waals surface area contributed by atoms with Gasteiger partial charge in [-0.15, -0.1) is 0 Å². The first-order chi connectivity index (χ1) is 7.24. The van der Waals surface area contributed by atoms with E-state index in [4.69, 9.17) is 4.74 Å². The predicted molar refractivity (Wildman–Crippen MR) is 59.7 cm³/mol. The number of hydrogen-bond donors (Lipinski definition) is 2. The number of hydrogen-bond acceptors (Lipinski definition) is 3. The number of nitrogens with one attached hydrogen (secondary N) is 2. The summed E-state index contributed by atoms with van der Waals surface area (Å²) in [6.07, 6.45) is 2.69. The molecule has 4 nitrogen and oxygen atoms in total. The first-order valence-corrected chi connectivity index (χ1v) is 5.75. The molecule has 0 aliphatic carbocycles. The van der Waals surface area contributed by atoms with Gasteiger partial charge < -0.3 is 15.4 Å². The summed E-state index contributed by atoms with van der Waals surface area (Å²) < 4.78 is 5.30. The minimum atomic E-state index is 0.142. The van der Waals surface area contributed by atoms with E-state index in [9.17, 15) is 4.79 Å². The van der Waals surface area contributed by atoms with Crippen molar-refractivity contribution in [2.75, 3.05) is 26.8 Å². The lowest BCUT2D eigenvalue weighted by atomic mass is 9.93. The molecule has 1 rings (SSSR count). The molecule has 0 spiro atoms. The third-order valence-electron chi connectivity index (χ3n) is 2.96. The van der Waals surface area contributed by atoms with Gasteiger partial charge in [0.05, 0.1) is 0 Å². The number of rotatable bonds is 5. The van der Waals surface area contributed by atoms with Crippen LogP contribution in [-0.4, -0.2) is 38.8 Å². The van der Waals surface area contributed by atoms with Crippen LogP contribution in [0.2, 0.25) is 0 Å². The fraction of sp³-hybridized carbons (Fsp3) is 0.909. The van der Waals surface area contributed by atoms with Crippen molar-refractivity contribution >= 4 is 5.91 Å². The molecule has 0 aromatic carbocycles. The van der Waals surface area contributed by atoms with E-state index in [0.717, 1.165) is 32.6 Å². The van der Waals surface area contributed by atoms with Gasteiger partial charge in [0, 0.05) is 32.2 Å². The molecule has 15 heavy (non-hydrogen) atoms. The van der Waals surface area contributed by atoms with Crippen LogP contribution in [0.3, 0.4) is 0 Å². The molecule has 0 radical (unpaired) electrons. The lowest BCUT2D eigenvalue weighted by Crippen LogP contribution is -2.40. The van der Waals surface area contributed by atoms with Crippen molar-refractivity contribution in [2.45, 2.75) is 32.2 Å². The van der Waals surface area contributed by atoms with Crippen LogP contribution >= 0.6 is 0 Å². The topological polar surface area (TPSA) is 50.4 Å². The van der Waals surface area contributed by atoms with Gasteiger partial charge in [-0.2, -0.15) is 0 Å². The molecule has 0 bridgehead atoms. The molecule has 88 valence electrons. The minimum absolute atomic E-state index is 0.142. The predicted octanol–water partition coefficient (Wildman–Crippen LogP) is 0.527. The average Bonchev–Trinajstić information content (AvgIpc) is 2.27. The van der Waals surface area contributed by atoms with Crippen LogP contribution < -0.4 is 10.6 Å². The Hall–Kier alpha value is -0.610. The quantitative estimate of drug-likeness (QED) is 0.702. The van der Waals surface area contributed by atoms with Crippen molar-refractivity contribution in [1.82, 2.24) is 10.6 Å². The number of amides is 1. The highest BCUT2D eigenvalue weighted by molar-refractivity contribution is 5.76. The summed E-state index contributed by atoms with van der Waals surface area (Å²) >= 11 is 0. The zero-order chi connectivity index (χ0) is 11.1. The molecular formula is C11H22N2O2. The highest BCUT2D eigenvalue weighted by Gasteiger charge is 2.21. The average molecular weight is 214 g/mol. The summed E-state index contributed by atoms with van der Waals surface area (Å²) in [5.41, 5.74) is 0. The van der Waals surface area contributed by atoms with Gasteiger partial charge >= 0.3 is 0 Å². The molecule has 1 amide bonds. The van der Waals surface area contributed by atoms with Gasteiger partial charge in [-0.05, 0) is 32.7 Å². The first kappa shape index (κ1) is 12.5. The van der Waals surface area contributed by atoms with Crippen LogP contribution in [-0.2, 0) is 9.53 Å². The maximum Gasteiger partial charge on any atom is 0.221 e. The van der Waals surface area contributed by atoms with E-state index in [-0.39, 0.29) is 11.9 Å². The van der Waals surface area contributed by atoms with E-state index >= 15 is 0 Å². The third-order valence-corrected chi connectivity index (χ3v) is 2.96. The second-order valence-electron chi connectivity index (χ2n) is 4.16. The molecule has 1 aliphatic rings. The summed E-state index contributed by atoms with van der Waals surface area (Å²) in [4.78, 5) is 11.5. The van der Waals surface area contributed by atoms with Crippen molar-refractivity contribution in [3.8, 4) is 0 Å². The van der Waals surface area contributed by atoms with Crippen LogP contribution in [0.25, 0.3) is 0 Å². The monoisotopic (exact) mass is 214 g/mol. The van der Waals surface area contributed by atoms with Gasteiger partial charge in [-0.25, -0.2) is 0 Å². The Kier molecular flexibility index (Phi) is 5.65. The molecule has 1 saturated heterocycles. The van der Waals surface area contributed by atoms with E-state index in [1.165, 1.54) is 0 Å². The third kappa shape index (κ3) is 4.62. The van der Waals surface area contributed by atoms with E-state index in [1.54, 1.807) is 0 Å². The molecule has 2 N–H and O–H groups in total. The Morgan fingerprint density at radius 2 is 2.13 bits per heavy atom. The molecule has 1 aliphatic heterocycles. The molecule has 1 heterocycles. The lowest BCUT2D eigenvalue weighted by Gasteiger charge is -2.28. The summed E-state index contributed by atoms with van der Waals surface area (Å²) in [6.45, 7) is 4.50. The minimum Gasteiger partial charge on any atom is -0.381 e. The van der Waals surface area contributed by atoms with Crippen molar-refractivity contribution < 1.29 is 9.53 Å². The Balaban J connectivity index is 2.21. The number of carbonyl (C=O) groups excluding carboxylic acids is 1. The number of carbonyl (C=O) groups is 1. The highest BCUT2D eigenvalue weighted by Crippen LogP contribution is 2.18. The Morgan fingerprint density at radius 3 is 2.73 bits per heavy atom. The summed E-state index contributed by atoms with van der Waals surface area (Å²) in [7, 11) is 1.86. The first-order valence-electron chi connectivity index (χ1n) is 5.75. The lowest BCUT2D eigenvalue weighted by molar-refractivity contribution is -0.122. The van der Waals surface area contributed by atoms with Gasteiger partial charge in [-0.3, -0.25) is 4.79 Å². The van der Waals surface area contributed by atoms with Crippen molar-refractivity contribution in [2.24, 2.45) is 5.92 Å². The SMILES string of the molecule is CNCCC(=O)NC(C)C1CCOCC1. The van der Waals surface area contributed by atoms with Gasteiger partial charge in [-0.1, -0.05) is 0 Å². The Labute approximate surface area is 91.8 Å². The fourth-order valence-electron chi connectivity index (χ4n) is 1.90. The molecular weight excluding hydrogens is 192 g/mol. The van der Waals surface area contributed by atoms with Crippen molar-refractivity contribution in [3.05, 3.63) is 0 Å². The molecule has 0 aromatic rings. The second kappa shape index (κ2) is 6.80. The zero-order valence-electron chi connectivity index (χ0n) is 9.71. The Bertz CT molecular complexity index is 191. The second-order valence-corrected chi connectivity index (χ2v) is 4.16. The zero-order valence-corrected chi connectivity index (χ0v) is 9.71. The maximum atomic E-state index is 11.5. The van der Waals surface area contributed by atoms with E-state index in [2.05, 4.69) is 17.6 Å². The molecule has 1 unspecified atom stereocenters. The van der Waals surface area contributed by atoms with Crippen LogP contribution in [0.4, 0.5) is 0 Å². The van der Waals surface area contributed by atoms with Crippen LogP contribution in [0, 0.1) is 5.92 Å². The molecule has 1 fully saturated rings. The van der Waals surface area contributed by atoms with Gasteiger partial charge in [0.25, 0.3) is 0 Å². The molecule has 4 heteroatoms.